The van der Waals surface area contributed by atoms with Crippen LogP contribution in [0.4, 0.5) is 0 Å². The predicted octanol–water partition coefficient (Wildman–Crippen LogP) is 9.56. The molecule has 0 spiro atoms. The van der Waals surface area contributed by atoms with Gasteiger partial charge >= 0.3 is 47.6 Å². The Balaban J connectivity index is 2.84. The molecule has 22 heteroatoms. The van der Waals surface area contributed by atoms with Gasteiger partial charge in [-0.3, -0.25) is 23.0 Å². The molecular formula is C40H78O18S4. The number of cyclic esters (lactones) is 1. The highest BCUT2D eigenvalue weighted by Crippen LogP contribution is 2.25. The monoisotopic (exact) mass is 974 g/mol. The van der Waals surface area contributed by atoms with E-state index in [0.29, 0.717) is 57.8 Å². The van der Waals surface area contributed by atoms with Crippen molar-refractivity contribution in [2.24, 2.45) is 0 Å². The highest BCUT2D eigenvalue weighted by molar-refractivity contribution is 7.81. The second-order valence-corrected chi connectivity index (χ2v) is 21.1. The topological polar surface area (TPSA) is 281 Å². The third-order valence-corrected chi connectivity index (χ3v) is 13.1. The molecule has 18 nitrogen and oxygen atoms in total. The van der Waals surface area contributed by atoms with Gasteiger partial charge in [-0.25, -0.2) is 16.7 Å². The molecule has 1 fully saturated rings. The van der Waals surface area contributed by atoms with Crippen molar-refractivity contribution in [3.05, 3.63) is 0 Å². The van der Waals surface area contributed by atoms with Gasteiger partial charge in [-0.15, -0.1) is 0 Å². The summed E-state index contributed by atoms with van der Waals surface area (Å²) in [5.74, 6) is -0.360. The number of esters is 1. The molecule has 0 bridgehead atoms. The predicted molar refractivity (Wildman–Crippen MR) is 234 cm³/mol. The molecule has 1 aliphatic rings. The number of hydrogen-bond donors (Lipinski definition) is 4. The molecule has 1 heterocycles. The van der Waals surface area contributed by atoms with E-state index >= 15 is 0 Å². The summed E-state index contributed by atoms with van der Waals surface area (Å²) in [5.41, 5.74) is 0. The summed E-state index contributed by atoms with van der Waals surface area (Å²) in [6, 6.07) is 0. The normalized spacial score (nSPS) is 24.5. The van der Waals surface area contributed by atoms with Gasteiger partial charge < -0.3 is 4.74 Å². The van der Waals surface area contributed by atoms with Crippen molar-refractivity contribution in [3.8, 4) is 0 Å². The molecule has 62 heavy (non-hydrogen) atoms. The van der Waals surface area contributed by atoms with Crippen LogP contribution in [-0.4, -0.2) is 88.4 Å². The van der Waals surface area contributed by atoms with Crippen LogP contribution in [0.5, 0.6) is 0 Å². The summed E-state index contributed by atoms with van der Waals surface area (Å²) in [7, 11) is -18.9. The minimum atomic E-state index is -4.81. The summed E-state index contributed by atoms with van der Waals surface area (Å²) in [6.07, 6.45) is 18.6. The molecule has 0 aromatic heterocycles. The van der Waals surface area contributed by atoms with Crippen LogP contribution in [0.1, 0.15) is 219 Å². The Morgan fingerprint density at radius 1 is 0.484 bits per heavy atom. The van der Waals surface area contributed by atoms with Crippen LogP contribution in [0.25, 0.3) is 0 Å². The van der Waals surface area contributed by atoms with E-state index in [-0.39, 0.29) is 38.1 Å². The van der Waals surface area contributed by atoms with Gasteiger partial charge in [0.1, 0.15) is 6.10 Å². The molecule has 1 rings (SSSR count). The average molecular weight is 975 g/mol. The molecule has 5 atom stereocenters. The van der Waals surface area contributed by atoms with Crippen molar-refractivity contribution in [2.45, 2.75) is 249 Å². The molecule has 1 saturated heterocycles. The number of ether oxygens (including phenoxy) is 1. The van der Waals surface area contributed by atoms with E-state index in [2.05, 4.69) is 4.18 Å². The summed E-state index contributed by atoms with van der Waals surface area (Å²) < 4.78 is 154. The lowest BCUT2D eigenvalue weighted by atomic mass is 9.98. The molecule has 1 aliphatic heterocycles. The summed E-state index contributed by atoms with van der Waals surface area (Å²) in [5, 5.41) is 0. The minimum Gasteiger partial charge on any atom is -0.462 e. The maximum atomic E-state index is 13.0. The molecule has 0 saturated carbocycles. The zero-order valence-electron chi connectivity index (χ0n) is 36.9. The van der Waals surface area contributed by atoms with Gasteiger partial charge in [-0.05, 0) is 51.9 Å². The van der Waals surface area contributed by atoms with Crippen molar-refractivity contribution in [1.29, 1.82) is 0 Å². The molecule has 0 aromatic carbocycles. The Kier molecular flexibility index (Phi) is 31.8. The fourth-order valence-corrected chi connectivity index (χ4v) is 10.1. The first-order valence-corrected chi connectivity index (χ1v) is 28.4. The van der Waals surface area contributed by atoms with E-state index in [1.165, 1.54) is 0 Å². The van der Waals surface area contributed by atoms with E-state index < -0.39 is 72.1 Å². The zero-order chi connectivity index (χ0) is 46.3. The first-order chi connectivity index (χ1) is 29.1. The van der Waals surface area contributed by atoms with E-state index in [9.17, 15) is 52.1 Å². The third kappa shape index (κ3) is 39.3. The fourth-order valence-electron chi connectivity index (χ4n) is 7.99. The summed E-state index contributed by atoms with van der Waals surface area (Å²) in [6.45, 7) is 1.57. The molecule has 5 unspecified atom stereocenters. The number of unbranched alkanes of at least 4 members (excludes halogenated alkanes) is 4. The molecule has 0 radical (unpaired) electrons. The molecule has 370 valence electrons. The molecular weight excluding hydrogens is 897 g/mol. The van der Waals surface area contributed by atoms with E-state index in [4.69, 9.17) is 21.8 Å². The SMILES string of the molecule is CC(CCCCCCCC1CC(OS(=O)(=O)O)CCCCCCCCCCCC(OS(=O)(=O)O)CC(OS(=O)(=O)O)CCCCCCCCCCCCCC(=O)O1)OS(=O)(=O)O. The Labute approximate surface area is 373 Å². The Bertz CT molecular complexity index is 1610. The van der Waals surface area contributed by atoms with Crippen molar-refractivity contribution >= 4 is 47.6 Å². The van der Waals surface area contributed by atoms with Gasteiger partial charge in [0.25, 0.3) is 0 Å². The van der Waals surface area contributed by atoms with Gasteiger partial charge in [0.2, 0.25) is 0 Å². The first kappa shape index (κ1) is 59.0. The van der Waals surface area contributed by atoms with Crippen LogP contribution in [0.15, 0.2) is 0 Å². The Morgan fingerprint density at radius 2 is 0.823 bits per heavy atom. The van der Waals surface area contributed by atoms with Gasteiger partial charge in [-0.2, -0.15) is 33.7 Å². The molecule has 0 amide bonds. The van der Waals surface area contributed by atoms with Crippen LogP contribution in [0.3, 0.4) is 0 Å². The number of carbonyl (C=O) groups is 1. The average Bonchev–Trinajstić information content (AvgIpc) is 3.12. The highest BCUT2D eigenvalue weighted by Gasteiger charge is 2.27. The van der Waals surface area contributed by atoms with Crippen molar-refractivity contribution in [3.63, 3.8) is 0 Å². The van der Waals surface area contributed by atoms with Crippen LogP contribution in [-0.2, 0) is 67.9 Å². The number of carbonyl (C=O) groups excluding carboxylic acids is 1. The van der Waals surface area contributed by atoms with E-state index in [1.54, 1.807) is 6.92 Å². The van der Waals surface area contributed by atoms with Crippen LogP contribution < -0.4 is 0 Å². The quantitative estimate of drug-likeness (QED) is 0.0636. The van der Waals surface area contributed by atoms with Crippen molar-refractivity contribution < 1.29 is 78.1 Å². The Hall–Kier alpha value is -1.05. The maximum absolute atomic E-state index is 13.0. The van der Waals surface area contributed by atoms with Crippen molar-refractivity contribution in [2.75, 3.05) is 0 Å². The largest absolute Gasteiger partial charge is 0.462 e. The summed E-state index contributed by atoms with van der Waals surface area (Å²) >= 11 is 0. The lowest BCUT2D eigenvalue weighted by molar-refractivity contribution is -0.150. The van der Waals surface area contributed by atoms with Crippen molar-refractivity contribution in [1.82, 2.24) is 0 Å². The van der Waals surface area contributed by atoms with Gasteiger partial charge in [-0.1, -0.05) is 148 Å². The lowest BCUT2D eigenvalue weighted by Gasteiger charge is -2.23. The minimum absolute atomic E-state index is 0.111. The van der Waals surface area contributed by atoms with Gasteiger partial charge in [0, 0.05) is 19.3 Å². The highest BCUT2D eigenvalue weighted by atomic mass is 32.3. The van der Waals surface area contributed by atoms with E-state index in [0.717, 1.165) is 122 Å². The molecule has 0 aromatic rings. The molecule has 4 N–H and O–H groups in total. The van der Waals surface area contributed by atoms with E-state index in [1.807, 2.05) is 0 Å². The van der Waals surface area contributed by atoms with Crippen LogP contribution in [0.2, 0.25) is 0 Å². The zero-order valence-corrected chi connectivity index (χ0v) is 40.1. The molecule has 0 aliphatic carbocycles. The fraction of sp³-hybridized carbons (Fsp3) is 0.975. The first-order valence-electron chi connectivity index (χ1n) is 22.9. The number of hydrogen-bond acceptors (Lipinski definition) is 14. The van der Waals surface area contributed by atoms with Crippen LogP contribution in [0, 0.1) is 0 Å². The third-order valence-electron chi connectivity index (χ3n) is 11.0. The smallest absolute Gasteiger partial charge is 0.397 e. The second-order valence-electron chi connectivity index (χ2n) is 16.9. The number of rotatable bonds is 16. The standard InChI is InChI=1S/C40H78O18S4/c1-35(55-59(42,43)44)27-21-15-14-19-22-28-36-33-37(56-60(45,46)47)29-23-16-11-7-5-8-12-18-25-31-39(58-62(51,52)53)34-38(57-61(48,49)50)30-24-17-10-6-3-2-4-9-13-20-26-32-40(41)54-36/h35-39H,2-34H2,1H3,(H,42,43,44)(H,45,46,47)(H,48,49,50)(H,51,52,53). The second kappa shape index (κ2) is 33.4. The van der Waals surface area contributed by atoms with Gasteiger partial charge in [0.15, 0.2) is 0 Å². The maximum Gasteiger partial charge on any atom is 0.397 e. The van der Waals surface area contributed by atoms with Gasteiger partial charge in [0.05, 0.1) is 24.4 Å². The summed E-state index contributed by atoms with van der Waals surface area (Å²) in [4.78, 5) is 13.0. The lowest BCUT2D eigenvalue weighted by Crippen LogP contribution is -2.27. The van der Waals surface area contributed by atoms with Crippen LogP contribution >= 0.6 is 0 Å². The Morgan fingerprint density at radius 3 is 1.21 bits per heavy atom.